The van der Waals surface area contributed by atoms with Crippen molar-refractivity contribution in [1.82, 2.24) is 0 Å². The summed E-state index contributed by atoms with van der Waals surface area (Å²) in [7, 11) is -0.438. The molecule has 0 bridgehead atoms. The minimum atomic E-state index is -0.438. The zero-order chi connectivity index (χ0) is 15.7. The molecule has 1 heterocycles. The van der Waals surface area contributed by atoms with E-state index >= 15 is 0 Å². The van der Waals surface area contributed by atoms with Crippen LogP contribution in [0.25, 0.3) is 0 Å². The smallest absolute Gasteiger partial charge is 0.492 e. The first kappa shape index (κ1) is 15.9. The number of hydrogen-bond acceptors (Lipinski definition) is 4. The number of benzene rings is 1. The molecule has 112 valence electrons. The topological polar surface area (TPSA) is 51.5 Å². The van der Waals surface area contributed by atoms with Gasteiger partial charge in [-0.15, -0.1) is 0 Å². The molecule has 1 aliphatic heterocycles. The Hall–Kier alpha value is -1.51. The van der Waals surface area contributed by atoms with Crippen molar-refractivity contribution in [2.24, 2.45) is 0 Å². The van der Waals surface area contributed by atoms with Crippen LogP contribution in [-0.2, 0) is 9.31 Å². The van der Waals surface area contributed by atoms with Crippen LogP contribution in [0.5, 0.6) is 5.75 Å². The van der Waals surface area contributed by atoms with E-state index < -0.39 is 7.12 Å². The first-order valence-corrected chi connectivity index (χ1v) is 7.33. The lowest BCUT2D eigenvalue weighted by Gasteiger charge is -2.32. The average molecular weight is 287 g/mol. The molecule has 0 amide bonds. The molecule has 1 saturated heterocycles. The third kappa shape index (κ3) is 3.07. The maximum Gasteiger partial charge on any atom is 0.494 e. The van der Waals surface area contributed by atoms with Crippen LogP contribution in [-0.4, -0.2) is 24.9 Å². The number of ether oxygens (including phenoxy) is 1. The van der Waals surface area contributed by atoms with E-state index in [4.69, 9.17) is 19.3 Å². The fourth-order valence-corrected chi connectivity index (χ4v) is 2.09. The van der Waals surface area contributed by atoms with Gasteiger partial charge in [0.05, 0.1) is 23.4 Å². The van der Waals surface area contributed by atoms with Gasteiger partial charge in [0.15, 0.2) is 0 Å². The Kier molecular flexibility index (Phi) is 4.31. The molecule has 5 heteroatoms. The summed E-state index contributed by atoms with van der Waals surface area (Å²) in [6.07, 6.45) is 0.894. The molecule has 0 atom stereocenters. The summed E-state index contributed by atoms with van der Waals surface area (Å²) in [6, 6.07) is 7.61. The van der Waals surface area contributed by atoms with Crippen molar-refractivity contribution in [2.75, 3.05) is 6.61 Å². The Morgan fingerprint density at radius 3 is 2.33 bits per heavy atom. The number of nitriles is 1. The third-order valence-corrected chi connectivity index (χ3v) is 4.11. The second-order valence-electron chi connectivity index (χ2n) is 6.30. The molecule has 0 aromatic heterocycles. The van der Waals surface area contributed by atoms with Crippen LogP contribution in [0, 0.1) is 11.3 Å². The third-order valence-electron chi connectivity index (χ3n) is 4.11. The highest BCUT2D eigenvalue weighted by Gasteiger charge is 2.51. The van der Waals surface area contributed by atoms with Crippen molar-refractivity contribution in [2.45, 2.75) is 52.2 Å². The first-order chi connectivity index (χ1) is 9.80. The van der Waals surface area contributed by atoms with Gasteiger partial charge in [0.25, 0.3) is 0 Å². The van der Waals surface area contributed by atoms with Crippen LogP contribution in [0.15, 0.2) is 18.2 Å². The Balaban J connectivity index is 2.28. The van der Waals surface area contributed by atoms with Crippen molar-refractivity contribution in [3.63, 3.8) is 0 Å². The second kappa shape index (κ2) is 5.71. The zero-order valence-corrected chi connectivity index (χ0v) is 13.4. The fourth-order valence-electron chi connectivity index (χ4n) is 2.09. The molecule has 0 N–H and O–H groups in total. The minimum Gasteiger partial charge on any atom is -0.492 e. The van der Waals surface area contributed by atoms with Crippen molar-refractivity contribution in [3.8, 4) is 11.8 Å². The van der Waals surface area contributed by atoms with Crippen molar-refractivity contribution < 1.29 is 14.0 Å². The van der Waals surface area contributed by atoms with Crippen LogP contribution in [0.4, 0.5) is 0 Å². The van der Waals surface area contributed by atoms with Crippen molar-refractivity contribution >= 4 is 12.6 Å². The molecule has 1 aromatic carbocycles. The normalized spacial score (nSPS) is 19.3. The average Bonchev–Trinajstić information content (AvgIpc) is 2.65. The van der Waals surface area contributed by atoms with Gasteiger partial charge in [-0.25, -0.2) is 0 Å². The van der Waals surface area contributed by atoms with Crippen molar-refractivity contribution in [3.05, 3.63) is 23.8 Å². The summed E-state index contributed by atoms with van der Waals surface area (Å²) in [6.45, 7) is 10.7. The molecule has 21 heavy (non-hydrogen) atoms. The molecule has 4 nitrogen and oxygen atoms in total. The highest BCUT2D eigenvalue weighted by Crippen LogP contribution is 2.36. The number of rotatable bonds is 4. The van der Waals surface area contributed by atoms with Gasteiger partial charge >= 0.3 is 7.12 Å². The molecule has 1 aromatic rings. The van der Waals surface area contributed by atoms with Crippen LogP contribution in [0.1, 0.15) is 46.6 Å². The summed E-state index contributed by atoms with van der Waals surface area (Å²) in [5.41, 5.74) is 0.647. The van der Waals surface area contributed by atoms with Gasteiger partial charge in [-0.05, 0) is 51.7 Å². The van der Waals surface area contributed by atoms with Crippen LogP contribution < -0.4 is 10.2 Å². The lowest BCUT2D eigenvalue weighted by atomic mass is 9.78. The lowest BCUT2D eigenvalue weighted by Crippen LogP contribution is -2.41. The molecule has 0 aliphatic carbocycles. The molecular formula is C16H22BNO3. The SMILES string of the molecule is CCCOc1cc(B2OC(C)(C)C(C)(C)O2)ccc1C#N. The molecule has 0 spiro atoms. The molecule has 1 aliphatic rings. The second-order valence-corrected chi connectivity index (χ2v) is 6.30. The summed E-state index contributed by atoms with van der Waals surface area (Å²) < 4.78 is 17.7. The predicted octanol–water partition coefficient (Wildman–Crippen LogP) is 2.65. The van der Waals surface area contributed by atoms with Crippen LogP contribution in [0.3, 0.4) is 0 Å². The van der Waals surface area contributed by atoms with Gasteiger partial charge in [0, 0.05) is 0 Å². The van der Waals surface area contributed by atoms with Crippen LogP contribution >= 0.6 is 0 Å². The van der Waals surface area contributed by atoms with E-state index in [1.54, 1.807) is 6.07 Å². The maximum absolute atomic E-state index is 9.15. The largest absolute Gasteiger partial charge is 0.494 e. The van der Waals surface area contributed by atoms with E-state index in [1.807, 2.05) is 46.8 Å². The maximum atomic E-state index is 9.15. The van der Waals surface area contributed by atoms with Gasteiger partial charge in [0.1, 0.15) is 11.8 Å². The highest BCUT2D eigenvalue weighted by atomic mass is 16.7. The molecule has 0 unspecified atom stereocenters. The summed E-state index contributed by atoms with van der Waals surface area (Å²) >= 11 is 0. The van der Waals surface area contributed by atoms with E-state index in [1.165, 1.54) is 0 Å². The lowest BCUT2D eigenvalue weighted by molar-refractivity contribution is 0.00578. The predicted molar refractivity (Wildman–Crippen MR) is 82.7 cm³/mol. The number of nitrogens with zero attached hydrogens (tertiary/aromatic N) is 1. The fraction of sp³-hybridized carbons (Fsp3) is 0.562. The molecule has 2 rings (SSSR count). The molecule has 0 saturated carbocycles. The summed E-state index contributed by atoms with van der Waals surface area (Å²) in [5, 5.41) is 9.15. The molecule has 1 fully saturated rings. The van der Waals surface area contributed by atoms with E-state index in [2.05, 4.69) is 6.07 Å². The standard InChI is InChI=1S/C16H22BNO3/c1-6-9-19-14-10-13(8-7-12(14)11-18)17-20-15(2,3)16(4,5)21-17/h7-8,10H,6,9H2,1-5H3. The molecular weight excluding hydrogens is 265 g/mol. The Bertz CT molecular complexity index is 547. The van der Waals surface area contributed by atoms with Gasteiger partial charge in [0.2, 0.25) is 0 Å². The van der Waals surface area contributed by atoms with E-state index in [0.29, 0.717) is 17.9 Å². The zero-order valence-electron chi connectivity index (χ0n) is 13.4. The Morgan fingerprint density at radius 1 is 1.19 bits per heavy atom. The summed E-state index contributed by atoms with van der Waals surface area (Å²) in [4.78, 5) is 0. The quantitative estimate of drug-likeness (QED) is 0.799. The van der Waals surface area contributed by atoms with Gasteiger partial charge < -0.3 is 14.0 Å². The molecule has 0 radical (unpaired) electrons. The Labute approximate surface area is 127 Å². The van der Waals surface area contributed by atoms with Gasteiger partial charge in [-0.1, -0.05) is 13.0 Å². The van der Waals surface area contributed by atoms with Crippen LogP contribution in [0.2, 0.25) is 0 Å². The van der Waals surface area contributed by atoms with Gasteiger partial charge in [-0.2, -0.15) is 5.26 Å². The van der Waals surface area contributed by atoms with E-state index in [0.717, 1.165) is 11.9 Å². The van der Waals surface area contributed by atoms with Gasteiger partial charge in [-0.3, -0.25) is 0 Å². The first-order valence-electron chi connectivity index (χ1n) is 7.33. The minimum absolute atomic E-state index is 0.379. The summed E-state index contributed by atoms with van der Waals surface area (Å²) in [5.74, 6) is 0.589. The van der Waals surface area contributed by atoms with E-state index in [-0.39, 0.29) is 11.2 Å². The monoisotopic (exact) mass is 287 g/mol. The number of hydrogen-bond donors (Lipinski definition) is 0. The Morgan fingerprint density at radius 2 is 1.81 bits per heavy atom. The highest BCUT2D eigenvalue weighted by molar-refractivity contribution is 6.62. The van der Waals surface area contributed by atoms with E-state index in [9.17, 15) is 0 Å². The van der Waals surface area contributed by atoms with Crippen molar-refractivity contribution in [1.29, 1.82) is 5.26 Å².